The Kier molecular flexibility index (Phi) is 7.63. The summed E-state index contributed by atoms with van der Waals surface area (Å²) in [5.41, 5.74) is 1.54. The summed E-state index contributed by atoms with van der Waals surface area (Å²) < 4.78 is 0. The summed E-state index contributed by atoms with van der Waals surface area (Å²) in [6, 6.07) is 17.6. The molecule has 182 valence electrons. The van der Waals surface area contributed by atoms with E-state index in [1.54, 1.807) is 0 Å². The standard InChI is InChI=1S/C28H36ClN3O2/c1-4-17-30(18-5-2)21(3)26(33)31-19-15-28(16-20-31)25(22-11-13-23(29)14-12-22)32(27(28)34)24-9-7-6-8-10-24/h6-14,21,25H,4-5,15-20H2,1-3H3/t21-,25?/m1/s1. The SMILES string of the molecule is CCCN(CCC)[C@H](C)C(=O)N1CCC2(CC1)C(=O)N(c1ccccc1)C2c1ccc(Cl)cc1. The third-order valence-corrected chi connectivity index (χ3v) is 7.79. The zero-order valence-corrected chi connectivity index (χ0v) is 21.3. The number of likely N-dealkylation sites (tertiary alicyclic amines) is 1. The predicted molar refractivity (Wildman–Crippen MR) is 138 cm³/mol. The number of benzene rings is 2. The molecule has 4 rings (SSSR count). The van der Waals surface area contributed by atoms with Gasteiger partial charge in [-0.2, -0.15) is 0 Å². The second-order valence-electron chi connectivity index (χ2n) is 9.66. The second-order valence-corrected chi connectivity index (χ2v) is 10.1. The van der Waals surface area contributed by atoms with Gasteiger partial charge in [0.15, 0.2) is 0 Å². The number of para-hydroxylation sites is 1. The highest BCUT2D eigenvalue weighted by molar-refractivity contribution is 6.30. The summed E-state index contributed by atoms with van der Waals surface area (Å²) in [6.07, 6.45) is 3.44. The molecule has 1 spiro atoms. The number of anilines is 1. The van der Waals surface area contributed by atoms with Gasteiger partial charge in [-0.1, -0.05) is 55.8 Å². The van der Waals surface area contributed by atoms with Crippen molar-refractivity contribution in [2.45, 2.75) is 58.5 Å². The Hall–Kier alpha value is -2.37. The Morgan fingerprint density at radius 3 is 2.18 bits per heavy atom. The number of carbonyl (C=O) groups is 2. The first-order valence-electron chi connectivity index (χ1n) is 12.6. The van der Waals surface area contributed by atoms with E-state index in [1.165, 1.54) is 0 Å². The van der Waals surface area contributed by atoms with Gasteiger partial charge in [0.2, 0.25) is 11.8 Å². The topological polar surface area (TPSA) is 43.9 Å². The lowest BCUT2D eigenvalue weighted by atomic mass is 9.62. The zero-order valence-electron chi connectivity index (χ0n) is 20.5. The molecule has 0 aliphatic carbocycles. The summed E-state index contributed by atoms with van der Waals surface area (Å²) in [4.78, 5) is 33.2. The molecular weight excluding hydrogens is 446 g/mol. The maximum absolute atomic E-state index is 13.7. The molecule has 0 radical (unpaired) electrons. The molecule has 2 aliphatic rings. The molecule has 5 nitrogen and oxygen atoms in total. The van der Waals surface area contributed by atoms with Gasteiger partial charge in [-0.15, -0.1) is 0 Å². The Labute approximate surface area is 208 Å². The number of hydrogen-bond acceptors (Lipinski definition) is 3. The summed E-state index contributed by atoms with van der Waals surface area (Å²) >= 11 is 6.16. The average molecular weight is 482 g/mol. The van der Waals surface area contributed by atoms with E-state index in [0.717, 1.165) is 37.2 Å². The fourth-order valence-corrected chi connectivity index (χ4v) is 5.86. The molecule has 2 aromatic rings. The second kappa shape index (κ2) is 10.5. The Bertz CT molecular complexity index is 980. The number of carbonyl (C=O) groups excluding carboxylic acids is 2. The minimum Gasteiger partial charge on any atom is -0.341 e. The van der Waals surface area contributed by atoms with Gasteiger partial charge in [-0.05, 0) is 75.5 Å². The normalized spacial score (nSPS) is 20.5. The van der Waals surface area contributed by atoms with Gasteiger partial charge in [0, 0.05) is 23.8 Å². The minimum absolute atomic E-state index is 0.0500. The highest BCUT2D eigenvalue weighted by atomic mass is 35.5. The Morgan fingerprint density at radius 2 is 1.62 bits per heavy atom. The maximum atomic E-state index is 13.7. The molecule has 1 unspecified atom stereocenters. The van der Waals surface area contributed by atoms with E-state index in [-0.39, 0.29) is 23.9 Å². The van der Waals surface area contributed by atoms with E-state index in [4.69, 9.17) is 11.6 Å². The van der Waals surface area contributed by atoms with E-state index in [0.29, 0.717) is 31.0 Å². The third kappa shape index (κ3) is 4.48. The Morgan fingerprint density at radius 1 is 1.03 bits per heavy atom. The fraction of sp³-hybridized carbons (Fsp3) is 0.500. The lowest BCUT2D eigenvalue weighted by molar-refractivity contribution is -0.151. The van der Waals surface area contributed by atoms with E-state index in [2.05, 4.69) is 18.7 Å². The van der Waals surface area contributed by atoms with Crippen LogP contribution in [0.25, 0.3) is 0 Å². The molecule has 2 amide bonds. The van der Waals surface area contributed by atoms with Gasteiger partial charge in [0.1, 0.15) is 0 Å². The first-order chi connectivity index (χ1) is 16.4. The molecule has 0 bridgehead atoms. The van der Waals surface area contributed by atoms with Crippen molar-refractivity contribution in [3.05, 3.63) is 65.2 Å². The van der Waals surface area contributed by atoms with Crippen LogP contribution in [0.1, 0.15) is 58.1 Å². The van der Waals surface area contributed by atoms with Crippen molar-refractivity contribution < 1.29 is 9.59 Å². The van der Waals surface area contributed by atoms with Crippen LogP contribution in [0, 0.1) is 5.41 Å². The van der Waals surface area contributed by atoms with Crippen LogP contribution in [0.5, 0.6) is 0 Å². The van der Waals surface area contributed by atoms with Crippen LogP contribution in [0.2, 0.25) is 5.02 Å². The van der Waals surface area contributed by atoms with Crippen LogP contribution in [-0.2, 0) is 9.59 Å². The quantitative estimate of drug-likeness (QED) is 0.464. The third-order valence-electron chi connectivity index (χ3n) is 7.54. The number of β-lactam (4-membered cyclic amide) rings is 1. The molecule has 34 heavy (non-hydrogen) atoms. The Balaban J connectivity index is 1.54. The molecule has 2 atom stereocenters. The van der Waals surface area contributed by atoms with Crippen molar-refractivity contribution in [1.82, 2.24) is 9.80 Å². The van der Waals surface area contributed by atoms with Gasteiger partial charge >= 0.3 is 0 Å². The van der Waals surface area contributed by atoms with Crippen LogP contribution >= 0.6 is 11.6 Å². The van der Waals surface area contributed by atoms with Gasteiger partial charge in [-0.25, -0.2) is 0 Å². The molecular formula is C28H36ClN3O2. The van der Waals surface area contributed by atoms with Crippen molar-refractivity contribution in [1.29, 1.82) is 0 Å². The summed E-state index contributed by atoms with van der Waals surface area (Å²) in [5, 5.41) is 0.688. The van der Waals surface area contributed by atoms with Crippen molar-refractivity contribution in [3.8, 4) is 0 Å². The van der Waals surface area contributed by atoms with Crippen molar-refractivity contribution in [2.75, 3.05) is 31.1 Å². The van der Waals surface area contributed by atoms with Crippen molar-refractivity contribution in [2.24, 2.45) is 5.41 Å². The number of rotatable bonds is 8. The molecule has 2 saturated heterocycles. The highest BCUT2D eigenvalue weighted by Gasteiger charge is 2.62. The van der Waals surface area contributed by atoms with Gasteiger partial charge in [-0.3, -0.25) is 14.5 Å². The molecule has 6 heteroatoms. The largest absolute Gasteiger partial charge is 0.341 e. The fourth-order valence-electron chi connectivity index (χ4n) is 5.73. The molecule has 0 saturated carbocycles. The molecule has 0 N–H and O–H groups in total. The number of nitrogens with zero attached hydrogens (tertiary/aromatic N) is 3. The van der Waals surface area contributed by atoms with E-state index >= 15 is 0 Å². The van der Waals surface area contributed by atoms with E-state index in [1.807, 2.05) is 71.3 Å². The first-order valence-corrected chi connectivity index (χ1v) is 13.0. The van der Waals surface area contributed by atoms with Gasteiger partial charge < -0.3 is 9.80 Å². The number of hydrogen-bond donors (Lipinski definition) is 0. The van der Waals surface area contributed by atoms with Crippen LogP contribution in [-0.4, -0.2) is 53.8 Å². The molecule has 2 heterocycles. The maximum Gasteiger partial charge on any atom is 0.239 e. The van der Waals surface area contributed by atoms with Crippen LogP contribution in [0.4, 0.5) is 5.69 Å². The first kappa shape index (κ1) is 24.7. The highest BCUT2D eigenvalue weighted by Crippen LogP contribution is 2.57. The van der Waals surface area contributed by atoms with Gasteiger partial charge in [0.05, 0.1) is 17.5 Å². The number of piperidine rings is 1. The van der Waals surface area contributed by atoms with E-state index < -0.39 is 5.41 Å². The lowest BCUT2D eigenvalue weighted by Crippen LogP contribution is -2.67. The zero-order chi connectivity index (χ0) is 24.3. The summed E-state index contributed by atoms with van der Waals surface area (Å²) in [6.45, 7) is 9.44. The molecule has 0 aromatic heterocycles. The molecule has 2 aliphatic heterocycles. The molecule has 2 fully saturated rings. The van der Waals surface area contributed by atoms with Crippen LogP contribution in [0.3, 0.4) is 0 Å². The van der Waals surface area contributed by atoms with Gasteiger partial charge in [0.25, 0.3) is 0 Å². The lowest BCUT2D eigenvalue weighted by Gasteiger charge is -2.59. The summed E-state index contributed by atoms with van der Waals surface area (Å²) in [7, 11) is 0. The van der Waals surface area contributed by atoms with E-state index in [9.17, 15) is 9.59 Å². The summed E-state index contributed by atoms with van der Waals surface area (Å²) in [5.74, 6) is 0.351. The monoisotopic (exact) mass is 481 g/mol. The van der Waals surface area contributed by atoms with Crippen molar-refractivity contribution in [3.63, 3.8) is 0 Å². The van der Waals surface area contributed by atoms with Crippen LogP contribution < -0.4 is 4.90 Å². The molecule has 2 aromatic carbocycles. The van der Waals surface area contributed by atoms with Crippen LogP contribution in [0.15, 0.2) is 54.6 Å². The van der Waals surface area contributed by atoms with Crippen molar-refractivity contribution >= 4 is 29.1 Å². The predicted octanol–water partition coefficient (Wildman–Crippen LogP) is 5.55. The average Bonchev–Trinajstić information content (AvgIpc) is 2.87. The minimum atomic E-state index is -0.476. The smallest absolute Gasteiger partial charge is 0.239 e. The number of halogens is 1. The number of amides is 2.